The lowest BCUT2D eigenvalue weighted by molar-refractivity contribution is 0.285. The normalized spacial score (nSPS) is 11.8. The number of nitrogens with zero attached hydrogens (tertiary/aromatic N) is 2. The van der Waals surface area contributed by atoms with Crippen LogP contribution in [0.25, 0.3) is 21.8 Å². The van der Waals surface area contributed by atoms with Crippen molar-refractivity contribution in [3.8, 4) is 11.5 Å². The molecule has 0 aliphatic rings. The molecule has 5 aromatic rings. The summed E-state index contributed by atoms with van der Waals surface area (Å²) in [6, 6.07) is 31.3. The summed E-state index contributed by atoms with van der Waals surface area (Å²) < 4.78 is 14.5. The van der Waals surface area contributed by atoms with E-state index in [9.17, 15) is 0 Å². The molecule has 4 nitrogen and oxygen atoms in total. The summed E-state index contributed by atoms with van der Waals surface area (Å²) in [4.78, 5) is 4.87. The van der Waals surface area contributed by atoms with Crippen LogP contribution in [-0.4, -0.2) is 16.2 Å². The average molecular weight is 479 g/mol. The molecule has 0 atom stereocenters. The molecule has 5 rings (SSSR count). The Morgan fingerprint density at radius 3 is 2.25 bits per heavy atom. The van der Waals surface area contributed by atoms with Crippen molar-refractivity contribution in [1.82, 2.24) is 9.55 Å². The first-order valence-electron chi connectivity index (χ1n) is 12.8. The Kier molecular flexibility index (Phi) is 6.95. The van der Waals surface area contributed by atoms with Gasteiger partial charge in [0.05, 0.1) is 17.6 Å². The van der Waals surface area contributed by atoms with Gasteiger partial charge in [0.25, 0.3) is 0 Å². The molecule has 0 bridgehead atoms. The molecule has 0 N–H and O–H groups in total. The second-order valence-electron chi connectivity index (χ2n) is 10.3. The number of aromatic nitrogens is 2. The molecule has 0 aliphatic carbocycles. The number of unbranched alkanes of at least 4 members (excludes halogenated alkanes) is 1. The topological polar surface area (TPSA) is 36.3 Å². The lowest BCUT2D eigenvalue weighted by Crippen LogP contribution is -2.10. The quantitative estimate of drug-likeness (QED) is 0.202. The molecule has 0 saturated heterocycles. The molecular formula is C32H34N2O2. The van der Waals surface area contributed by atoms with E-state index in [1.165, 1.54) is 16.3 Å². The minimum atomic E-state index is 0.155. The van der Waals surface area contributed by atoms with Gasteiger partial charge in [-0.05, 0) is 71.0 Å². The Bertz CT molecular complexity index is 1450. The third-order valence-corrected chi connectivity index (χ3v) is 6.59. The summed E-state index contributed by atoms with van der Waals surface area (Å²) in [5, 5.41) is 2.39. The summed E-state index contributed by atoms with van der Waals surface area (Å²) in [5.74, 6) is 2.74. The highest BCUT2D eigenvalue weighted by Crippen LogP contribution is 2.25. The molecule has 1 heterocycles. The van der Waals surface area contributed by atoms with Crippen molar-refractivity contribution in [2.45, 2.75) is 52.2 Å². The number of hydrogen-bond acceptors (Lipinski definition) is 3. The van der Waals surface area contributed by atoms with Crippen molar-refractivity contribution in [2.24, 2.45) is 0 Å². The third-order valence-electron chi connectivity index (χ3n) is 6.59. The first-order chi connectivity index (χ1) is 17.5. The maximum absolute atomic E-state index is 6.18. The molecule has 1 aromatic heterocycles. The number of aryl methyl sites for hydroxylation is 1. The number of hydrogen-bond donors (Lipinski definition) is 0. The van der Waals surface area contributed by atoms with Gasteiger partial charge in [0, 0.05) is 6.54 Å². The van der Waals surface area contributed by atoms with Crippen LogP contribution in [0.15, 0.2) is 91.0 Å². The number of ether oxygens (including phenoxy) is 2. The fraction of sp³-hybridized carbons (Fsp3) is 0.281. The van der Waals surface area contributed by atoms with Gasteiger partial charge < -0.3 is 14.0 Å². The Morgan fingerprint density at radius 1 is 0.722 bits per heavy atom. The van der Waals surface area contributed by atoms with Crippen LogP contribution in [0.5, 0.6) is 11.5 Å². The summed E-state index contributed by atoms with van der Waals surface area (Å²) in [5.41, 5.74) is 3.63. The minimum absolute atomic E-state index is 0.155. The second kappa shape index (κ2) is 10.4. The predicted molar refractivity (Wildman–Crippen MR) is 148 cm³/mol. The maximum atomic E-state index is 6.18. The van der Waals surface area contributed by atoms with Crippen molar-refractivity contribution in [3.05, 3.63) is 102 Å². The van der Waals surface area contributed by atoms with E-state index in [0.717, 1.165) is 47.7 Å². The highest BCUT2D eigenvalue weighted by Gasteiger charge is 2.13. The van der Waals surface area contributed by atoms with E-state index in [-0.39, 0.29) is 5.41 Å². The van der Waals surface area contributed by atoms with E-state index in [1.807, 2.05) is 12.1 Å². The average Bonchev–Trinajstić information content (AvgIpc) is 3.24. The van der Waals surface area contributed by atoms with Crippen LogP contribution in [0.3, 0.4) is 0 Å². The monoisotopic (exact) mass is 478 g/mol. The van der Waals surface area contributed by atoms with Crippen LogP contribution in [-0.2, 0) is 18.6 Å². The molecule has 4 heteroatoms. The highest BCUT2D eigenvalue weighted by molar-refractivity contribution is 5.83. The summed E-state index contributed by atoms with van der Waals surface area (Å²) in [7, 11) is 0. The molecular weight excluding hydrogens is 444 g/mol. The molecule has 184 valence electrons. The zero-order chi connectivity index (χ0) is 25.0. The summed E-state index contributed by atoms with van der Waals surface area (Å²) in [6.45, 7) is 8.69. The van der Waals surface area contributed by atoms with Gasteiger partial charge in [0.2, 0.25) is 0 Å². The van der Waals surface area contributed by atoms with Crippen LogP contribution >= 0.6 is 0 Å². The van der Waals surface area contributed by atoms with Crippen LogP contribution < -0.4 is 9.47 Å². The fourth-order valence-electron chi connectivity index (χ4n) is 4.50. The lowest BCUT2D eigenvalue weighted by atomic mass is 9.87. The van der Waals surface area contributed by atoms with Gasteiger partial charge in [-0.3, -0.25) is 0 Å². The van der Waals surface area contributed by atoms with E-state index in [2.05, 4.69) is 104 Å². The van der Waals surface area contributed by atoms with Gasteiger partial charge >= 0.3 is 0 Å². The van der Waals surface area contributed by atoms with E-state index in [1.54, 1.807) is 0 Å². The molecule has 0 amide bonds. The Morgan fingerprint density at radius 2 is 1.44 bits per heavy atom. The lowest BCUT2D eigenvalue weighted by Gasteiger charge is -2.19. The molecule has 0 spiro atoms. The summed E-state index contributed by atoms with van der Waals surface area (Å²) >= 11 is 0. The van der Waals surface area contributed by atoms with Crippen molar-refractivity contribution < 1.29 is 9.47 Å². The first kappa shape index (κ1) is 23.9. The SMILES string of the molecule is CC(C)(C)c1ccc(OCCCCn2c(COc3ccc4ccccc4c3)nc3ccccc32)cc1. The van der Waals surface area contributed by atoms with Crippen molar-refractivity contribution in [1.29, 1.82) is 0 Å². The van der Waals surface area contributed by atoms with Crippen LogP contribution in [0.2, 0.25) is 0 Å². The molecule has 0 unspecified atom stereocenters. The predicted octanol–water partition coefficient (Wildman–Crippen LogP) is 7.93. The van der Waals surface area contributed by atoms with E-state index in [4.69, 9.17) is 14.5 Å². The Hall–Kier alpha value is -3.79. The van der Waals surface area contributed by atoms with Gasteiger partial charge in [-0.25, -0.2) is 4.98 Å². The number of rotatable bonds is 9. The smallest absolute Gasteiger partial charge is 0.147 e. The molecule has 4 aromatic carbocycles. The molecule has 36 heavy (non-hydrogen) atoms. The van der Waals surface area contributed by atoms with E-state index >= 15 is 0 Å². The number of imidazole rings is 1. The largest absolute Gasteiger partial charge is 0.494 e. The highest BCUT2D eigenvalue weighted by atomic mass is 16.5. The maximum Gasteiger partial charge on any atom is 0.147 e. The second-order valence-corrected chi connectivity index (χ2v) is 10.3. The van der Waals surface area contributed by atoms with Crippen LogP contribution in [0, 0.1) is 0 Å². The van der Waals surface area contributed by atoms with Crippen molar-refractivity contribution in [2.75, 3.05) is 6.61 Å². The zero-order valence-electron chi connectivity index (χ0n) is 21.4. The van der Waals surface area contributed by atoms with Crippen LogP contribution in [0.4, 0.5) is 0 Å². The fourth-order valence-corrected chi connectivity index (χ4v) is 4.50. The molecule has 0 radical (unpaired) electrons. The molecule has 0 saturated carbocycles. The standard InChI is InChI=1S/C32H34N2O2/c1-32(2,3)26-15-18-27(19-16-26)35-21-9-8-20-34-30-13-7-6-12-29(30)33-31(34)23-36-28-17-14-24-10-4-5-11-25(24)22-28/h4-7,10-19,22H,8-9,20-21,23H2,1-3H3. The molecule has 0 fully saturated rings. The first-order valence-corrected chi connectivity index (χ1v) is 12.8. The third kappa shape index (κ3) is 5.54. The van der Waals surface area contributed by atoms with Crippen LogP contribution in [0.1, 0.15) is 45.0 Å². The summed E-state index contributed by atoms with van der Waals surface area (Å²) in [6.07, 6.45) is 1.97. The number of fused-ring (bicyclic) bond motifs is 2. The number of para-hydroxylation sites is 2. The van der Waals surface area contributed by atoms with E-state index < -0.39 is 0 Å². The van der Waals surface area contributed by atoms with Gasteiger partial charge in [0.1, 0.15) is 23.9 Å². The van der Waals surface area contributed by atoms with Gasteiger partial charge in [-0.15, -0.1) is 0 Å². The van der Waals surface area contributed by atoms with Gasteiger partial charge in [0.15, 0.2) is 0 Å². The Balaban J connectivity index is 1.20. The van der Waals surface area contributed by atoms with Crippen molar-refractivity contribution in [3.63, 3.8) is 0 Å². The minimum Gasteiger partial charge on any atom is -0.494 e. The zero-order valence-corrected chi connectivity index (χ0v) is 21.4. The number of benzene rings is 4. The molecule has 0 aliphatic heterocycles. The van der Waals surface area contributed by atoms with Gasteiger partial charge in [-0.1, -0.05) is 75.4 Å². The Labute approximate surface area is 213 Å². The van der Waals surface area contributed by atoms with Crippen molar-refractivity contribution >= 4 is 21.8 Å². The van der Waals surface area contributed by atoms with E-state index in [0.29, 0.717) is 13.2 Å². The van der Waals surface area contributed by atoms with Gasteiger partial charge in [-0.2, -0.15) is 0 Å².